The van der Waals surface area contributed by atoms with Gasteiger partial charge in [0.05, 0.1) is 12.0 Å². The van der Waals surface area contributed by atoms with E-state index in [1.807, 2.05) is 13.8 Å². The lowest BCUT2D eigenvalue weighted by Gasteiger charge is -2.19. The van der Waals surface area contributed by atoms with E-state index in [0.717, 1.165) is 23.8 Å². The molecule has 26 heavy (non-hydrogen) atoms. The Morgan fingerprint density at radius 3 is 2.65 bits per heavy atom. The summed E-state index contributed by atoms with van der Waals surface area (Å²) in [6, 6.07) is 5.44. The number of nitrogens with one attached hydrogen (secondary N) is 1. The molecular weight excluding hydrogens is 338 g/mol. The van der Waals surface area contributed by atoms with E-state index in [2.05, 4.69) is 5.32 Å². The molecule has 0 aliphatic heterocycles. The monoisotopic (exact) mass is 360 g/mol. The highest BCUT2D eigenvalue weighted by Crippen LogP contribution is 2.23. The number of fused-ring (bicyclic) bond motifs is 1. The number of aryl methyl sites for hydroxylation is 1. The Morgan fingerprint density at radius 2 is 2.00 bits per heavy atom. The molecule has 0 bridgehead atoms. The maximum absolute atomic E-state index is 11.9. The molecule has 1 N–H and O–H groups in total. The van der Waals surface area contributed by atoms with E-state index < -0.39 is 23.5 Å². The second-order valence-corrected chi connectivity index (χ2v) is 6.02. The van der Waals surface area contributed by atoms with Crippen LogP contribution in [-0.4, -0.2) is 24.5 Å². The second kappa shape index (κ2) is 9.03. The number of hydrogen-bond donors (Lipinski definition) is 1. The lowest BCUT2D eigenvalue weighted by molar-refractivity contribution is -0.308. The van der Waals surface area contributed by atoms with E-state index in [-0.39, 0.29) is 13.0 Å². The standard InChI is InChI=1S/C19H23NO6/c1-3-5-12-9-18(22)26-16-10-13(7-8-14(12)16)25-11-17(21)20-15(6-4-2)19(23)24/h7-10,15H,3-6,11H2,1-2H3,(H,20,21)(H,23,24)/p-1/t15-/m1/s1. The summed E-state index contributed by atoms with van der Waals surface area (Å²) in [4.78, 5) is 34.5. The lowest BCUT2D eigenvalue weighted by Crippen LogP contribution is -2.49. The number of carboxylic acids is 1. The highest BCUT2D eigenvalue weighted by molar-refractivity contribution is 5.84. The zero-order valence-corrected chi connectivity index (χ0v) is 14.9. The number of aliphatic carboxylic acids is 1. The molecule has 0 saturated carbocycles. The van der Waals surface area contributed by atoms with Crippen LogP contribution in [0.5, 0.6) is 5.75 Å². The molecular formula is C19H22NO6-. The predicted molar refractivity (Wildman–Crippen MR) is 93.8 cm³/mol. The maximum Gasteiger partial charge on any atom is 0.336 e. The van der Waals surface area contributed by atoms with Gasteiger partial charge in [-0.15, -0.1) is 0 Å². The first kappa shape index (κ1) is 19.5. The summed E-state index contributed by atoms with van der Waals surface area (Å²) in [6.45, 7) is 3.49. The fraction of sp³-hybridized carbons (Fsp3) is 0.421. The zero-order valence-electron chi connectivity index (χ0n) is 14.9. The summed E-state index contributed by atoms with van der Waals surface area (Å²) < 4.78 is 10.6. The molecule has 7 nitrogen and oxygen atoms in total. The number of ether oxygens (including phenoxy) is 1. The average Bonchev–Trinajstić information content (AvgIpc) is 2.59. The summed E-state index contributed by atoms with van der Waals surface area (Å²) in [5.74, 6) is -1.53. The molecule has 2 aromatic rings. The van der Waals surface area contributed by atoms with Gasteiger partial charge in [0.2, 0.25) is 0 Å². The van der Waals surface area contributed by atoms with Crippen molar-refractivity contribution in [3.8, 4) is 5.75 Å². The summed E-state index contributed by atoms with van der Waals surface area (Å²) in [5.41, 5.74) is 0.851. The van der Waals surface area contributed by atoms with Crippen LogP contribution in [0.1, 0.15) is 38.7 Å². The Balaban J connectivity index is 2.08. The number of carbonyl (C=O) groups is 2. The number of carbonyl (C=O) groups excluding carboxylic acids is 2. The van der Waals surface area contributed by atoms with Crippen molar-refractivity contribution in [3.63, 3.8) is 0 Å². The first-order valence-electron chi connectivity index (χ1n) is 8.64. The zero-order chi connectivity index (χ0) is 19.1. The van der Waals surface area contributed by atoms with Gasteiger partial charge < -0.3 is 24.4 Å². The van der Waals surface area contributed by atoms with Crippen molar-refractivity contribution >= 4 is 22.8 Å². The minimum Gasteiger partial charge on any atom is -0.548 e. The molecule has 140 valence electrons. The van der Waals surface area contributed by atoms with E-state index in [0.29, 0.717) is 17.8 Å². The first-order chi connectivity index (χ1) is 12.4. The van der Waals surface area contributed by atoms with E-state index in [9.17, 15) is 19.5 Å². The Kier molecular flexibility index (Phi) is 6.77. The summed E-state index contributed by atoms with van der Waals surface area (Å²) in [7, 11) is 0. The van der Waals surface area contributed by atoms with Crippen molar-refractivity contribution < 1.29 is 23.8 Å². The third kappa shape index (κ3) is 5.08. The van der Waals surface area contributed by atoms with Crippen molar-refractivity contribution in [2.45, 2.75) is 45.6 Å². The summed E-state index contributed by atoms with van der Waals surface area (Å²) >= 11 is 0. The number of rotatable bonds is 9. The molecule has 0 aliphatic rings. The Hall–Kier alpha value is -2.83. The van der Waals surface area contributed by atoms with Crippen LogP contribution in [0.4, 0.5) is 0 Å². The van der Waals surface area contributed by atoms with Gasteiger partial charge in [0.15, 0.2) is 6.61 Å². The maximum atomic E-state index is 11.9. The molecule has 0 spiro atoms. The third-order valence-electron chi connectivity index (χ3n) is 3.89. The molecule has 1 atom stereocenters. The topological polar surface area (TPSA) is 109 Å². The Labute approximate surface area is 151 Å². The van der Waals surface area contributed by atoms with Crippen molar-refractivity contribution in [2.75, 3.05) is 6.61 Å². The molecule has 1 heterocycles. The van der Waals surface area contributed by atoms with Gasteiger partial charge in [0, 0.05) is 17.5 Å². The van der Waals surface area contributed by atoms with Gasteiger partial charge in [-0.3, -0.25) is 4.79 Å². The van der Waals surface area contributed by atoms with Gasteiger partial charge in [-0.1, -0.05) is 26.7 Å². The van der Waals surface area contributed by atoms with E-state index >= 15 is 0 Å². The van der Waals surface area contributed by atoms with Crippen LogP contribution in [-0.2, 0) is 16.0 Å². The number of hydrogen-bond acceptors (Lipinski definition) is 6. The van der Waals surface area contributed by atoms with Gasteiger partial charge in [0.25, 0.3) is 5.91 Å². The van der Waals surface area contributed by atoms with Gasteiger partial charge in [0.1, 0.15) is 11.3 Å². The Bertz CT molecular complexity index is 842. The molecule has 1 aromatic carbocycles. The summed E-state index contributed by atoms with van der Waals surface area (Å²) in [5, 5.41) is 14.1. The molecule has 0 saturated heterocycles. The minimum absolute atomic E-state index is 0.287. The number of amides is 1. The largest absolute Gasteiger partial charge is 0.548 e. The van der Waals surface area contributed by atoms with Crippen LogP contribution in [0.2, 0.25) is 0 Å². The van der Waals surface area contributed by atoms with E-state index in [4.69, 9.17) is 9.15 Å². The normalized spacial score (nSPS) is 11.9. The second-order valence-electron chi connectivity index (χ2n) is 6.02. The first-order valence-corrected chi connectivity index (χ1v) is 8.64. The summed E-state index contributed by atoms with van der Waals surface area (Å²) in [6.07, 6.45) is 2.54. The highest BCUT2D eigenvalue weighted by atomic mass is 16.5. The fourth-order valence-electron chi connectivity index (χ4n) is 2.70. The molecule has 1 amide bonds. The molecule has 0 aliphatic carbocycles. The van der Waals surface area contributed by atoms with Gasteiger partial charge in [-0.25, -0.2) is 4.79 Å². The predicted octanol–water partition coefficient (Wildman–Crippen LogP) is 1.16. The number of carboxylic acid groups (broad SMARTS) is 1. The molecule has 0 fully saturated rings. The van der Waals surface area contributed by atoms with Gasteiger partial charge >= 0.3 is 5.63 Å². The van der Waals surface area contributed by atoms with E-state index in [1.54, 1.807) is 18.2 Å². The lowest BCUT2D eigenvalue weighted by atomic mass is 10.1. The number of benzene rings is 1. The van der Waals surface area contributed by atoms with Crippen LogP contribution in [0.15, 0.2) is 33.5 Å². The SMILES string of the molecule is CCCc1cc(=O)oc2cc(OCC(=O)N[C@H](CCC)C(=O)[O-])ccc12. The third-order valence-corrected chi connectivity index (χ3v) is 3.89. The van der Waals surface area contributed by atoms with Crippen molar-refractivity contribution in [3.05, 3.63) is 40.2 Å². The van der Waals surface area contributed by atoms with Crippen molar-refractivity contribution in [2.24, 2.45) is 0 Å². The molecule has 2 rings (SSSR count). The van der Waals surface area contributed by atoms with Crippen LogP contribution < -0.4 is 20.8 Å². The van der Waals surface area contributed by atoms with Crippen LogP contribution in [0, 0.1) is 0 Å². The van der Waals surface area contributed by atoms with Gasteiger partial charge in [-0.2, -0.15) is 0 Å². The van der Waals surface area contributed by atoms with Crippen LogP contribution in [0.3, 0.4) is 0 Å². The van der Waals surface area contributed by atoms with Crippen molar-refractivity contribution in [1.29, 1.82) is 0 Å². The molecule has 0 unspecified atom stereocenters. The van der Waals surface area contributed by atoms with Crippen molar-refractivity contribution in [1.82, 2.24) is 5.32 Å². The van der Waals surface area contributed by atoms with Crippen LogP contribution in [0.25, 0.3) is 11.0 Å². The fourth-order valence-corrected chi connectivity index (χ4v) is 2.70. The van der Waals surface area contributed by atoms with E-state index in [1.165, 1.54) is 6.07 Å². The molecule has 0 radical (unpaired) electrons. The Morgan fingerprint density at radius 1 is 1.23 bits per heavy atom. The quantitative estimate of drug-likeness (QED) is 0.672. The minimum atomic E-state index is -1.32. The van der Waals surface area contributed by atoms with Gasteiger partial charge in [-0.05, 0) is 30.5 Å². The molecule has 7 heteroatoms. The smallest absolute Gasteiger partial charge is 0.336 e. The highest BCUT2D eigenvalue weighted by Gasteiger charge is 2.13. The average molecular weight is 360 g/mol. The molecule has 1 aromatic heterocycles. The van der Waals surface area contributed by atoms with Crippen LogP contribution >= 0.6 is 0 Å².